The quantitative estimate of drug-likeness (QED) is 0.289. The number of fused-ring (bicyclic) bond motifs is 2. The topological polar surface area (TPSA) is 96.9 Å². The van der Waals surface area contributed by atoms with Crippen LogP contribution in [0.2, 0.25) is 0 Å². The van der Waals surface area contributed by atoms with Crippen LogP contribution >= 0.6 is 0 Å². The first-order valence-electron chi connectivity index (χ1n) is 14.2. The first kappa shape index (κ1) is 26.3. The molecule has 3 aromatic heterocycles. The second-order valence-electron chi connectivity index (χ2n) is 11.0. The molecule has 2 fully saturated rings. The van der Waals surface area contributed by atoms with E-state index in [-0.39, 0.29) is 6.23 Å². The molecule has 6 rings (SSSR count). The van der Waals surface area contributed by atoms with Crippen molar-refractivity contribution in [3.63, 3.8) is 0 Å². The van der Waals surface area contributed by atoms with E-state index < -0.39 is 0 Å². The minimum absolute atomic E-state index is 0.0351. The van der Waals surface area contributed by atoms with Crippen molar-refractivity contribution >= 4 is 33.3 Å². The molecule has 1 aliphatic heterocycles. The number of aryl methyl sites for hydroxylation is 1. The van der Waals surface area contributed by atoms with Crippen LogP contribution in [0, 0.1) is 12.8 Å². The molecule has 1 atom stereocenters. The van der Waals surface area contributed by atoms with Gasteiger partial charge in [0, 0.05) is 46.4 Å². The van der Waals surface area contributed by atoms with Crippen LogP contribution in [0.3, 0.4) is 0 Å². The number of benzene rings is 1. The number of aromatic nitrogens is 4. The summed E-state index contributed by atoms with van der Waals surface area (Å²) < 4.78 is 10.3. The van der Waals surface area contributed by atoms with Crippen LogP contribution in [0.15, 0.2) is 31.1 Å². The summed E-state index contributed by atoms with van der Waals surface area (Å²) in [4.78, 5) is 4.96. The van der Waals surface area contributed by atoms with Gasteiger partial charge in [0.15, 0.2) is 6.23 Å². The molecule has 2 aliphatic rings. The summed E-state index contributed by atoms with van der Waals surface area (Å²) in [6.45, 7) is 15.5. The highest BCUT2D eigenvalue weighted by Crippen LogP contribution is 2.46. The molecule has 7 heteroatoms. The van der Waals surface area contributed by atoms with E-state index in [2.05, 4.69) is 44.0 Å². The van der Waals surface area contributed by atoms with Gasteiger partial charge in [0.2, 0.25) is 0 Å². The number of nitrogen functional groups attached to an aromatic ring is 1. The number of anilines is 1. The minimum Gasteiger partial charge on any atom is -0.399 e. The molecule has 1 saturated carbocycles. The normalized spacial score (nSPS) is 17.7. The van der Waals surface area contributed by atoms with E-state index >= 15 is 0 Å². The van der Waals surface area contributed by atoms with Crippen molar-refractivity contribution in [1.82, 2.24) is 19.3 Å². The predicted molar refractivity (Wildman–Crippen MR) is 157 cm³/mol. The van der Waals surface area contributed by atoms with Crippen molar-refractivity contribution in [3.05, 3.63) is 53.5 Å². The van der Waals surface area contributed by atoms with Gasteiger partial charge >= 0.3 is 0 Å². The molecular formula is C31H42N6O. The number of ether oxygens (including phenoxy) is 1. The van der Waals surface area contributed by atoms with Gasteiger partial charge in [0.1, 0.15) is 5.82 Å². The Balaban J connectivity index is 0.00000144. The Morgan fingerprint density at radius 2 is 1.89 bits per heavy atom. The summed E-state index contributed by atoms with van der Waals surface area (Å²) in [6.07, 6.45) is 10.4. The van der Waals surface area contributed by atoms with Crippen LogP contribution < -0.4 is 11.5 Å². The van der Waals surface area contributed by atoms with E-state index in [1.54, 1.807) is 0 Å². The van der Waals surface area contributed by atoms with Gasteiger partial charge in [-0.2, -0.15) is 5.10 Å². The summed E-state index contributed by atoms with van der Waals surface area (Å²) in [6, 6.07) is 4.31. The summed E-state index contributed by atoms with van der Waals surface area (Å²) in [7, 11) is 0. The fraction of sp³-hybridized carbons (Fsp3) is 0.484. The maximum Gasteiger partial charge on any atom is 0.150 e. The van der Waals surface area contributed by atoms with E-state index in [1.807, 2.05) is 30.9 Å². The molecule has 0 amide bonds. The van der Waals surface area contributed by atoms with Gasteiger partial charge in [0.25, 0.3) is 0 Å². The highest BCUT2D eigenvalue weighted by atomic mass is 16.5. The number of pyridine rings is 1. The third-order valence-electron chi connectivity index (χ3n) is 7.68. The lowest BCUT2D eigenvalue weighted by atomic mass is 9.96. The summed E-state index contributed by atoms with van der Waals surface area (Å²) in [5.41, 5.74) is 21.3. The van der Waals surface area contributed by atoms with Crippen molar-refractivity contribution in [3.8, 4) is 5.69 Å². The maximum atomic E-state index is 6.94. The zero-order chi connectivity index (χ0) is 27.1. The highest BCUT2D eigenvalue weighted by molar-refractivity contribution is 6.03. The van der Waals surface area contributed by atoms with Crippen LogP contribution in [-0.4, -0.2) is 25.9 Å². The first-order chi connectivity index (χ1) is 18.4. The van der Waals surface area contributed by atoms with Gasteiger partial charge < -0.3 is 16.2 Å². The third-order valence-corrected chi connectivity index (χ3v) is 7.68. The van der Waals surface area contributed by atoms with Gasteiger partial charge in [-0.05, 0) is 68.6 Å². The Hall–Kier alpha value is -3.32. The predicted octanol–water partition coefficient (Wildman–Crippen LogP) is 7.00. The molecule has 0 bridgehead atoms. The number of nitrogens with two attached hydrogens (primary N) is 2. The van der Waals surface area contributed by atoms with E-state index in [0.29, 0.717) is 23.4 Å². The second kappa shape index (κ2) is 10.4. The molecular weight excluding hydrogens is 472 g/mol. The largest absolute Gasteiger partial charge is 0.399 e. The summed E-state index contributed by atoms with van der Waals surface area (Å²) in [5.74, 6) is 1.61. The van der Waals surface area contributed by atoms with Crippen molar-refractivity contribution in [2.45, 2.75) is 85.3 Å². The standard InChI is InChI=1S/C29H36N6O.C2H6/c1-16(2)13-20-26(19-9-10-19)32-14-22-25(18(4)30)29(31)34(28(20)22)27-17(3)8-11-23-21(27)15-33-35(23)24-7-5-6-12-36-24;1-2/h8,11,14-16,19,24H,4-7,9-10,12-13,30-31H2,1-3H3;1-2H3. The SMILES string of the molecule is C=C(N)c1c(N)n(-c2c(C)ccc3c2cnn3C2CCCCO2)c2c(CC(C)C)c(C3CC3)ncc12.CC. The maximum absolute atomic E-state index is 6.94. The van der Waals surface area contributed by atoms with Crippen LogP contribution in [0.4, 0.5) is 5.82 Å². The number of hydrogen-bond acceptors (Lipinski definition) is 5. The molecule has 1 aromatic carbocycles. The van der Waals surface area contributed by atoms with Crippen LogP contribution in [0.5, 0.6) is 0 Å². The average molecular weight is 515 g/mol. The smallest absolute Gasteiger partial charge is 0.150 e. The molecule has 0 spiro atoms. The van der Waals surface area contributed by atoms with Crippen LogP contribution in [0.25, 0.3) is 33.2 Å². The van der Waals surface area contributed by atoms with Crippen molar-refractivity contribution < 1.29 is 4.74 Å². The number of hydrogen-bond donors (Lipinski definition) is 2. The van der Waals surface area contributed by atoms with Gasteiger partial charge in [0.05, 0.1) is 22.9 Å². The van der Waals surface area contributed by atoms with Crippen molar-refractivity contribution in [2.24, 2.45) is 11.7 Å². The molecule has 1 aliphatic carbocycles. The number of rotatable bonds is 6. The zero-order valence-electron chi connectivity index (χ0n) is 23.6. The Bertz CT molecular complexity index is 1480. The molecule has 202 valence electrons. The summed E-state index contributed by atoms with van der Waals surface area (Å²) in [5, 5.41) is 6.84. The second-order valence-corrected chi connectivity index (χ2v) is 11.0. The van der Waals surface area contributed by atoms with E-state index in [0.717, 1.165) is 70.9 Å². The zero-order valence-corrected chi connectivity index (χ0v) is 23.6. The fourth-order valence-electron chi connectivity index (χ4n) is 5.91. The van der Waals surface area contributed by atoms with Crippen molar-refractivity contribution in [1.29, 1.82) is 0 Å². The van der Waals surface area contributed by atoms with E-state index in [9.17, 15) is 0 Å². The fourth-order valence-corrected chi connectivity index (χ4v) is 5.91. The van der Waals surface area contributed by atoms with Crippen molar-refractivity contribution in [2.75, 3.05) is 12.3 Å². The Labute approximate surface area is 225 Å². The van der Waals surface area contributed by atoms with E-state index in [1.165, 1.54) is 24.1 Å². The summed E-state index contributed by atoms with van der Waals surface area (Å²) >= 11 is 0. The van der Waals surface area contributed by atoms with Crippen LogP contribution in [0.1, 0.15) is 94.3 Å². The third kappa shape index (κ3) is 4.37. The molecule has 1 saturated heterocycles. The molecule has 4 aromatic rings. The Kier molecular flexibility index (Phi) is 7.23. The molecule has 7 nitrogen and oxygen atoms in total. The average Bonchev–Trinajstić information content (AvgIpc) is 3.58. The lowest BCUT2D eigenvalue weighted by molar-refractivity contribution is -0.0366. The minimum atomic E-state index is -0.0351. The van der Waals surface area contributed by atoms with Crippen LogP contribution in [-0.2, 0) is 11.2 Å². The molecule has 0 radical (unpaired) electrons. The van der Waals surface area contributed by atoms with E-state index in [4.69, 9.17) is 26.3 Å². The van der Waals surface area contributed by atoms with Gasteiger partial charge in [-0.25, -0.2) is 4.68 Å². The Morgan fingerprint density at radius 3 is 2.53 bits per heavy atom. The van der Waals surface area contributed by atoms with Gasteiger partial charge in [-0.3, -0.25) is 9.55 Å². The lowest BCUT2D eigenvalue weighted by Crippen LogP contribution is -2.19. The monoisotopic (exact) mass is 514 g/mol. The molecule has 38 heavy (non-hydrogen) atoms. The molecule has 1 unspecified atom stereocenters. The lowest BCUT2D eigenvalue weighted by Gasteiger charge is -2.24. The molecule has 4 N–H and O–H groups in total. The van der Waals surface area contributed by atoms with Gasteiger partial charge in [-0.1, -0.05) is 40.3 Å². The Morgan fingerprint density at radius 1 is 1.13 bits per heavy atom. The molecule has 4 heterocycles. The van der Waals surface area contributed by atoms with Gasteiger partial charge in [-0.15, -0.1) is 0 Å². The number of nitrogens with zero attached hydrogens (tertiary/aromatic N) is 4. The first-order valence-corrected chi connectivity index (χ1v) is 14.2. The highest BCUT2D eigenvalue weighted by Gasteiger charge is 2.32.